The number of nitrogens with zero attached hydrogens (tertiary/aromatic N) is 4. The molecule has 4 aromatic rings. The molecule has 0 fully saturated rings. The third-order valence-electron chi connectivity index (χ3n) is 4.65. The molecule has 2 heterocycles. The fourth-order valence-electron chi connectivity index (χ4n) is 2.94. The molecule has 0 aliphatic heterocycles. The summed E-state index contributed by atoms with van der Waals surface area (Å²) in [5, 5.41) is 13.6. The van der Waals surface area contributed by atoms with Gasteiger partial charge in [-0.05, 0) is 55.5 Å². The van der Waals surface area contributed by atoms with Crippen molar-refractivity contribution in [1.29, 1.82) is 0 Å². The molecule has 0 bridgehead atoms. The summed E-state index contributed by atoms with van der Waals surface area (Å²) in [7, 11) is 3.57. The molecular formula is C21H19FN4O2S. The van der Waals surface area contributed by atoms with Gasteiger partial charge >= 0.3 is 0 Å². The molecule has 0 aliphatic rings. The van der Waals surface area contributed by atoms with E-state index in [-0.39, 0.29) is 5.82 Å². The highest BCUT2D eigenvalue weighted by molar-refractivity contribution is 7.98. The smallest absolute Gasteiger partial charge is 0.191 e. The molecule has 29 heavy (non-hydrogen) atoms. The number of rotatable bonds is 6. The maximum Gasteiger partial charge on any atom is 0.191 e. The summed E-state index contributed by atoms with van der Waals surface area (Å²) >= 11 is 1.53. The standard InChI is InChI=1S/C21H19FN4O2S/c1-13-18(25-28-19(13)14-4-8-16(22)9-5-14)12-29-21-24-23-20(26(21)2)15-6-10-17(27-3)11-7-15/h4-11H,12H2,1-3H3. The lowest BCUT2D eigenvalue weighted by Crippen LogP contribution is -1.95. The number of ether oxygens (including phenoxy) is 1. The van der Waals surface area contributed by atoms with Gasteiger partial charge in [-0.25, -0.2) is 4.39 Å². The summed E-state index contributed by atoms with van der Waals surface area (Å²) in [6, 6.07) is 13.9. The first-order chi connectivity index (χ1) is 14.1. The van der Waals surface area contributed by atoms with Gasteiger partial charge in [0.1, 0.15) is 11.6 Å². The number of hydrogen-bond donors (Lipinski definition) is 0. The minimum atomic E-state index is -0.281. The molecule has 0 unspecified atom stereocenters. The summed E-state index contributed by atoms with van der Waals surface area (Å²) in [4.78, 5) is 0. The van der Waals surface area contributed by atoms with Gasteiger partial charge in [-0.15, -0.1) is 10.2 Å². The molecule has 0 saturated carbocycles. The first-order valence-electron chi connectivity index (χ1n) is 8.94. The van der Waals surface area contributed by atoms with Gasteiger partial charge in [-0.3, -0.25) is 0 Å². The predicted octanol–water partition coefficient (Wildman–Crippen LogP) is 4.89. The average Bonchev–Trinajstić information content (AvgIpc) is 3.29. The third kappa shape index (κ3) is 3.88. The molecular weight excluding hydrogens is 391 g/mol. The lowest BCUT2D eigenvalue weighted by atomic mass is 10.1. The second-order valence-corrected chi connectivity index (χ2v) is 7.42. The van der Waals surface area contributed by atoms with E-state index in [9.17, 15) is 4.39 Å². The Morgan fingerprint density at radius 3 is 2.41 bits per heavy atom. The molecule has 0 atom stereocenters. The molecule has 0 saturated heterocycles. The summed E-state index contributed by atoms with van der Waals surface area (Å²) in [6.07, 6.45) is 0. The fraction of sp³-hybridized carbons (Fsp3) is 0.190. The Morgan fingerprint density at radius 2 is 1.72 bits per heavy atom. The van der Waals surface area contributed by atoms with Gasteiger partial charge in [0, 0.05) is 29.5 Å². The predicted molar refractivity (Wildman–Crippen MR) is 109 cm³/mol. The molecule has 6 nitrogen and oxygen atoms in total. The van der Waals surface area contributed by atoms with Crippen LogP contribution in [0.2, 0.25) is 0 Å². The maximum atomic E-state index is 13.1. The lowest BCUT2D eigenvalue weighted by molar-refractivity contribution is 0.415. The molecule has 8 heteroatoms. The Balaban J connectivity index is 1.50. The minimum Gasteiger partial charge on any atom is -0.497 e. The minimum absolute atomic E-state index is 0.281. The van der Waals surface area contributed by atoms with Crippen LogP contribution >= 0.6 is 11.8 Å². The molecule has 4 rings (SSSR count). The van der Waals surface area contributed by atoms with Gasteiger partial charge in [0.2, 0.25) is 0 Å². The SMILES string of the molecule is COc1ccc(-c2nnc(SCc3noc(-c4ccc(F)cc4)c3C)n2C)cc1. The summed E-state index contributed by atoms with van der Waals surface area (Å²) < 4.78 is 25.8. The van der Waals surface area contributed by atoms with E-state index < -0.39 is 0 Å². The van der Waals surface area contributed by atoms with Gasteiger partial charge < -0.3 is 13.8 Å². The van der Waals surface area contributed by atoms with Crippen molar-refractivity contribution in [3.8, 4) is 28.5 Å². The monoisotopic (exact) mass is 410 g/mol. The third-order valence-corrected chi connectivity index (χ3v) is 5.68. The van der Waals surface area contributed by atoms with Crippen LogP contribution in [0.5, 0.6) is 5.75 Å². The Hall–Kier alpha value is -3.13. The number of hydrogen-bond acceptors (Lipinski definition) is 6. The van der Waals surface area contributed by atoms with Gasteiger partial charge in [0.25, 0.3) is 0 Å². The van der Waals surface area contributed by atoms with E-state index in [1.54, 1.807) is 19.2 Å². The van der Waals surface area contributed by atoms with E-state index in [0.717, 1.165) is 39.1 Å². The van der Waals surface area contributed by atoms with E-state index >= 15 is 0 Å². The van der Waals surface area contributed by atoms with Crippen molar-refractivity contribution in [2.24, 2.45) is 7.05 Å². The quantitative estimate of drug-likeness (QED) is 0.422. The van der Waals surface area contributed by atoms with Crippen LogP contribution in [0.25, 0.3) is 22.7 Å². The van der Waals surface area contributed by atoms with Gasteiger partial charge in [-0.1, -0.05) is 16.9 Å². The van der Waals surface area contributed by atoms with Crippen LogP contribution in [0.4, 0.5) is 4.39 Å². The maximum absolute atomic E-state index is 13.1. The van der Waals surface area contributed by atoms with E-state index in [4.69, 9.17) is 9.26 Å². The van der Waals surface area contributed by atoms with Crippen LogP contribution in [-0.4, -0.2) is 27.0 Å². The summed E-state index contributed by atoms with van der Waals surface area (Å²) in [5.74, 6) is 2.53. The molecule has 0 aliphatic carbocycles. The fourth-order valence-corrected chi connectivity index (χ4v) is 3.85. The first kappa shape index (κ1) is 19.2. The Bertz CT molecular complexity index is 1120. The van der Waals surface area contributed by atoms with E-state index in [1.807, 2.05) is 42.8 Å². The zero-order chi connectivity index (χ0) is 20.4. The number of benzene rings is 2. The number of aromatic nitrogens is 4. The van der Waals surface area contributed by atoms with Crippen LogP contribution in [0, 0.1) is 12.7 Å². The zero-order valence-corrected chi connectivity index (χ0v) is 17.0. The summed E-state index contributed by atoms with van der Waals surface area (Å²) in [5.41, 5.74) is 3.52. The topological polar surface area (TPSA) is 66.0 Å². The molecule has 0 N–H and O–H groups in total. The van der Waals surface area contributed by atoms with E-state index in [1.165, 1.54) is 23.9 Å². The normalized spacial score (nSPS) is 11.0. The highest BCUT2D eigenvalue weighted by Gasteiger charge is 2.17. The number of methoxy groups -OCH3 is 1. The molecule has 148 valence electrons. The molecule has 0 spiro atoms. The Labute approximate surface area is 171 Å². The van der Waals surface area contributed by atoms with Gasteiger partial charge in [0.05, 0.1) is 12.8 Å². The van der Waals surface area contributed by atoms with Crippen molar-refractivity contribution in [3.05, 3.63) is 65.6 Å². The van der Waals surface area contributed by atoms with Crippen molar-refractivity contribution in [1.82, 2.24) is 19.9 Å². The lowest BCUT2D eigenvalue weighted by Gasteiger charge is -2.04. The van der Waals surface area contributed by atoms with Gasteiger partial charge in [0.15, 0.2) is 16.7 Å². The van der Waals surface area contributed by atoms with E-state index in [0.29, 0.717) is 11.5 Å². The van der Waals surface area contributed by atoms with Crippen molar-refractivity contribution in [2.45, 2.75) is 17.8 Å². The second-order valence-electron chi connectivity index (χ2n) is 6.47. The van der Waals surface area contributed by atoms with Crippen LogP contribution in [0.1, 0.15) is 11.3 Å². The summed E-state index contributed by atoms with van der Waals surface area (Å²) in [6.45, 7) is 1.95. The van der Waals surface area contributed by atoms with Crippen LogP contribution < -0.4 is 4.74 Å². The first-order valence-corrected chi connectivity index (χ1v) is 9.93. The van der Waals surface area contributed by atoms with Gasteiger partial charge in [-0.2, -0.15) is 0 Å². The van der Waals surface area contributed by atoms with Crippen LogP contribution in [0.3, 0.4) is 0 Å². The Kier molecular flexibility index (Phi) is 5.35. The zero-order valence-electron chi connectivity index (χ0n) is 16.2. The van der Waals surface area contributed by atoms with Crippen molar-refractivity contribution < 1.29 is 13.7 Å². The highest BCUT2D eigenvalue weighted by atomic mass is 32.2. The van der Waals surface area contributed by atoms with Crippen LogP contribution in [-0.2, 0) is 12.8 Å². The van der Waals surface area contributed by atoms with Crippen molar-refractivity contribution in [3.63, 3.8) is 0 Å². The van der Waals surface area contributed by atoms with Crippen molar-refractivity contribution >= 4 is 11.8 Å². The van der Waals surface area contributed by atoms with Crippen LogP contribution in [0.15, 0.2) is 58.2 Å². The second kappa shape index (κ2) is 8.08. The number of halogens is 1. The molecule has 2 aromatic carbocycles. The number of thioether (sulfide) groups is 1. The van der Waals surface area contributed by atoms with E-state index in [2.05, 4.69) is 15.4 Å². The molecule has 0 radical (unpaired) electrons. The average molecular weight is 410 g/mol. The Morgan fingerprint density at radius 1 is 1.03 bits per heavy atom. The largest absolute Gasteiger partial charge is 0.497 e. The molecule has 0 amide bonds. The van der Waals surface area contributed by atoms with Crippen molar-refractivity contribution in [2.75, 3.05) is 7.11 Å². The molecule has 2 aromatic heterocycles. The highest BCUT2D eigenvalue weighted by Crippen LogP contribution is 2.30.